The van der Waals surface area contributed by atoms with Crippen LogP contribution in [0.4, 0.5) is 8.78 Å². The lowest BCUT2D eigenvalue weighted by atomic mass is 10.2. The van der Waals surface area contributed by atoms with Crippen molar-refractivity contribution in [3.8, 4) is 11.4 Å². The van der Waals surface area contributed by atoms with Gasteiger partial charge in [-0.3, -0.25) is 0 Å². The van der Waals surface area contributed by atoms with Gasteiger partial charge in [-0.25, -0.2) is 18.7 Å². The number of aromatic nitrogens is 2. The van der Waals surface area contributed by atoms with E-state index in [4.69, 9.17) is 0 Å². The van der Waals surface area contributed by atoms with E-state index in [1.807, 2.05) is 7.05 Å². The summed E-state index contributed by atoms with van der Waals surface area (Å²) >= 11 is 0. The van der Waals surface area contributed by atoms with Gasteiger partial charge in [-0.1, -0.05) is 0 Å². The monoisotopic (exact) mass is 235 g/mol. The Morgan fingerprint density at radius 3 is 2.41 bits per heavy atom. The second-order valence-electron chi connectivity index (χ2n) is 3.57. The van der Waals surface area contributed by atoms with Crippen molar-refractivity contribution in [2.24, 2.45) is 0 Å². The van der Waals surface area contributed by atoms with Crippen LogP contribution in [0.25, 0.3) is 11.4 Å². The molecule has 2 rings (SSSR count). The lowest BCUT2D eigenvalue weighted by molar-refractivity contribution is 0.509. The summed E-state index contributed by atoms with van der Waals surface area (Å²) in [6.07, 6.45) is 3.31. The lowest BCUT2D eigenvalue weighted by Gasteiger charge is -2.02. The Labute approximate surface area is 97.5 Å². The van der Waals surface area contributed by atoms with E-state index in [9.17, 15) is 8.78 Å². The van der Waals surface area contributed by atoms with Gasteiger partial charge in [-0.2, -0.15) is 0 Å². The number of rotatable bonds is 3. The van der Waals surface area contributed by atoms with Crippen LogP contribution in [0, 0.1) is 11.6 Å². The molecule has 0 saturated carbocycles. The normalized spacial score (nSPS) is 10.5. The van der Waals surface area contributed by atoms with E-state index in [0.717, 1.165) is 17.7 Å². The van der Waals surface area contributed by atoms with Crippen molar-refractivity contribution in [2.45, 2.75) is 6.54 Å². The number of hydrogen-bond acceptors (Lipinski definition) is 3. The predicted octanol–water partition coefficient (Wildman–Crippen LogP) is 2.14. The summed E-state index contributed by atoms with van der Waals surface area (Å²) in [5.74, 6) is -1.39. The van der Waals surface area contributed by atoms with Gasteiger partial charge >= 0.3 is 0 Å². The van der Waals surface area contributed by atoms with E-state index in [1.165, 1.54) is 6.07 Å². The molecule has 5 heteroatoms. The van der Waals surface area contributed by atoms with Crippen LogP contribution in [0.2, 0.25) is 0 Å². The number of hydrogen-bond donors (Lipinski definition) is 1. The molecule has 1 aromatic carbocycles. The highest BCUT2D eigenvalue weighted by Gasteiger charge is 2.06. The van der Waals surface area contributed by atoms with E-state index < -0.39 is 11.6 Å². The summed E-state index contributed by atoms with van der Waals surface area (Å²) in [4.78, 5) is 8.20. The smallest absolute Gasteiger partial charge is 0.159 e. The predicted molar refractivity (Wildman–Crippen MR) is 60.1 cm³/mol. The van der Waals surface area contributed by atoms with Crippen LogP contribution in [0.3, 0.4) is 0 Å². The highest BCUT2D eigenvalue weighted by Crippen LogP contribution is 2.17. The molecule has 0 bridgehead atoms. The van der Waals surface area contributed by atoms with Crippen molar-refractivity contribution in [1.29, 1.82) is 0 Å². The molecule has 0 aliphatic rings. The van der Waals surface area contributed by atoms with Crippen LogP contribution < -0.4 is 5.32 Å². The number of halogens is 2. The molecule has 17 heavy (non-hydrogen) atoms. The van der Waals surface area contributed by atoms with Gasteiger partial charge in [0.05, 0.1) is 0 Å². The van der Waals surface area contributed by atoms with Crippen LogP contribution in [-0.2, 0) is 6.54 Å². The standard InChI is InChI=1S/C12H11F2N3/c1-15-5-8-6-16-12(17-7-8)9-2-3-10(13)11(14)4-9/h2-4,6-7,15H,5H2,1H3. The number of nitrogens with one attached hydrogen (secondary N) is 1. The fraction of sp³-hybridized carbons (Fsp3) is 0.167. The van der Waals surface area contributed by atoms with E-state index in [2.05, 4.69) is 15.3 Å². The fourth-order valence-corrected chi connectivity index (χ4v) is 1.43. The molecule has 3 nitrogen and oxygen atoms in total. The molecule has 1 aromatic heterocycles. The molecule has 1 heterocycles. The molecule has 0 fully saturated rings. The summed E-state index contributed by atoms with van der Waals surface area (Å²) in [6, 6.07) is 3.60. The molecule has 0 unspecified atom stereocenters. The SMILES string of the molecule is CNCc1cnc(-c2ccc(F)c(F)c2)nc1. The van der Waals surface area contributed by atoms with Gasteiger partial charge in [0.25, 0.3) is 0 Å². The minimum Gasteiger partial charge on any atom is -0.316 e. The third-order valence-electron chi connectivity index (χ3n) is 2.26. The Kier molecular flexibility index (Phi) is 3.39. The van der Waals surface area contributed by atoms with Gasteiger partial charge in [0.2, 0.25) is 0 Å². The third-order valence-corrected chi connectivity index (χ3v) is 2.26. The van der Waals surface area contributed by atoms with Gasteiger partial charge in [-0.15, -0.1) is 0 Å². The summed E-state index contributed by atoms with van der Waals surface area (Å²) in [6.45, 7) is 0.665. The molecule has 0 saturated heterocycles. The first-order valence-electron chi connectivity index (χ1n) is 5.11. The van der Waals surface area contributed by atoms with E-state index in [1.54, 1.807) is 12.4 Å². The first-order valence-corrected chi connectivity index (χ1v) is 5.11. The molecule has 1 N–H and O–H groups in total. The van der Waals surface area contributed by atoms with Gasteiger partial charge in [0.1, 0.15) is 0 Å². The maximum atomic E-state index is 13.0. The molecule has 0 spiro atoms. The summed E-state index contributed by atoms with van der Waals surface area (Å²) in [5.41, 5.74) is 1.39. The summed E-state index contributed by atoms with van der Waals surface area (Å²) in [5, 5.41) is 2.97. The van der Waals surface area contributed by atoms with E-state index in [0.29, 0.717) is 17.9 Å². The number of nitrogens with zero attached hydrogens (tertiary/aromatic N) is 2. The highest BCUT2D eigenvalue weighted by molar-refractivity contribution is 5.54. The molecule has 88 valence electrons. The lowest BCUT2D eigenvalue weighted by Crippen LogP contribution is -2.06. The third kappa shape index (κ3) is 2.62. The van der Waals surface area contributed by atoms with Gasteiger partial charge < -0.3 is 5.32 Å². The van der Waals surface area contributed by atoms with E-state index >= 15 is 0 Å². The fourth-order valence-electron chi connectivity index (χ4n) is 1.43. The topological polar surface area (TPSA) is 37.8 Å². The Balaban J connectivity index is 2.30. The Hall–Kier alpha value is -1.88. The maximum Gasteiger partial charge on any atom is 0.159 e. The Morgan fingerprint density at radius 1 is 1.12 bits per heavy atom. The van der Waals surface area contributed by atoms with Crippen molar-refractivity contribution in [3.63, 3.8) is 0 Å². The van der Waals surface area contributed by atoms with Crippen molar-refractivity contribution >= 4 is 0 Å². The van der Waals surface area contributed by atoms with Crippen molar-refractivity contribution in [3.05, 3.63) is 47.8 Å². The van der Waals surface area contributed by atoms with Crippen LogP contribution in [0.1, 0.15) is 5.56 Å². The maximum absolute atomic E-state index is 13.0. The minimum atomic E-state index is -0.898. The average Bonchev–Trinajstić information content (AvgIpc) is 2.34. The van der Waals surface area contributed by atoms with Crippen molar-refractivity contribution in [1.82, 2.24) is 15.3 Å². The largest absolute Gasteiger partial charge is 0.316 e. The number of benzene rings is 1. The van der Waals surface area contributed by atoms with Crippen molar-refractivity contribution < 1.29 is 8.78 Å². The zero-order valence-corrected chi connectivity index (χ0v) is 9.24. The van der Waals surface area contributed by atoms with Gasteiger partial charge in [-0.05, 0) is 25.2 Å². The molecule has 0 atom stereocenters. The van der Waals surface area contributed by atoms with Crippen LogP contribution in [-0.4, -0.2) is 17.0 Å². The molecule has 0 amide bonds. The molecular weight excluding hydrogens is 224 g/mol. The summed E-state index contributed by atoms with van der Waals surface area (Å²) in [7, 11) is 1.82. The molecular formula is C12H11F2N3. The molecule has 0 aliphatic heterocycles. The van der Waals surface area contributed by atoms with Crippen LogP contribution >= 0.6 is 0 Å². The van der Waals surface area contributed by atoms with E-state index in [-0.39, 0.29) is 0 Å². The molecule has 0 radical (unpaired) electrons. The zero-order chi connectivity index (χ0) is 12.3. The Morgan fingerprint density at radius 2 is 1.82 bits per heavy atom. The first kappa shape index (κ1) is 11.6. The molecule has 0 aliphatic carbocycles. The first-order chi connectivity index (χ1) is 8.20. The van der Waals surface area contributed by atoms with Crippen molar-refractivity contribution in [2.75, 3.05) is 7.05 Å². The van der Waals surface area contributed by atoms with Crippen LogP contribution in [0.15, 0.2) is 30.6 Å². The van der Waals surface area contributed by atoms with Crippen LogP contribution in [0.5, 0.6) is 0 Å². The second-order valence-corrected chi connectivity index (χ2v) is 3.57. The summed E-state index contributed by atoms with van der Waals surface area (Å²) < 4.78 is 25.8. The second kappa shape index (κ2) is 4.97. The Bertz CT molecular complexity index is 512. The molecule has 2 aromatic rings. The average molecular weight is 235 g/mol. The highest BCUT2D eigenvalue weighted by atomic mass is 19.2. The quantitative estimate of drug-likeness (QED) is 0.885. The minimum absolute atomic E-state index is 0.378. The van der Waals surface area contributed by atoms with Gasteiger partial charge in [0, 0.05) is 30.1 Å². The van der Waals surface area contributed by atoms with Gasteiger partial charge in [0.15, 0.2) is 17.5 Å². The zero-order valence-electron chi connectivity index (χ0n) is 9.24.